The first kappa shape index (κ1) is 12.5. The minimum Gasteiger partial charge on any atom is -0.307 e. The largest absolute Gasteiger partial charge is 0.307 e. The predicted molar refractivity (Wildman–Crippen MR) is 67.9 cm³/mol. The number of aromatic nitrogens is 3. The van der Waals surface area contributed by atoms with E-state index in [2.05, 4.69) is 10.2 Å². The van der Waals surface area contributed by atoms with Crippen LogP contribution in [0.2, 0.25) is 0 Å². The summed E-state index contributed by atoms with van der Waals surface area (Å²) in [6, 6.07) is 2.87. The molecule has 1 aliphatic rings. The first-order valence-corrected chi connectivity index (χ1v) is 6.61. The molecule has 1 aromatic carbocycles. The normalized spacial score (nSPS) is 14.9. The van der Waals surface area contributed by atoms with Crippen molar-refractivity contribution in [3.63, 3.8) is 0 Å². The SMILES string of the molecule is Cc1ccc(F)c(-c2nnc(CCl)n2C2CC2)c1F. The lowest BCUT2D eigenvalue weighted by Gasteiger charge is -2.10. The second-order valence-electron chi connectivity index (χ2n) is 4.73. The van der Waals surface area contributed by atoms with Crippen molar-refractivity contribution in [1.29, 1.82) is 0 Å². The van der Waals surface area contributed by atoms with Gasteiger partial charge in [-0.25, -0.2) is 8.78 Å². The van der Waals surface area contributed by atoms with Gasteiger partial charge in [0.15, 0.2) is 5.82 Å². The zero-order valence-corrected chi connectivity index (χ0v) is 11.1. The molecule has 0 spiro atoms. The Kier molecular flexibility index (Phi) is 3.01. The van der Waals surface area contributed by atoms with Gasteiger partial charge in [0, 0.05) is 6.04 Å². The zero-order valence-electron chi connectivity index (χ0n) is 10.3. The fourth-order valence-corrected chi connectivity index (χ4v) is 2.35. The van der Waals surface area contributed by atoms with E-state index in [0.717, 1.165) is 12.8 Å². The molecule has 0 radical (unpaired) electrons. The van der Waals surface area contributed by atoms with E-state index in [1.54, 1.807) is 11.5 Å². The van der Waals surface area contributed by atoms with Gasteiger partial charge in [-0.3, -0.25) is 0 Å². The van der Waals surface area contributed by atoms with E-state index in [1.807, 2.05) is 0 Å². The molecule has 100 valence electrons. The van der Waals surface area contributed by atoms with Crippen LogP contribution in [0, 0.1) is 18.6 Å². The van der Waals surface area contributed by atoms with Gasteiger partial charge in [-0.2, -0.15) is 0 Å². The second-order valence-corrected chi connectivity index (χ2v) is 5.00. The molecule has 3 rings (SSSR count). The van der Waals surface area contributed by atoms with Crippen LogP contribution in [0.25, 0.3) is 11.4 Å². The highest BCUT2D eigenvalue weighted by Crippen LogP contribution is 2.40. The molecule has 0 saturated heterocycles. The second kappa shape index (κ2) is 4.56. The summed E-state index contributed by atoms with van der Waals surface area (Å²) in [6.45, 7) is 1.60. The fourth-order valence-electron chi connectivity index (χ4n) is 2.16. The van der Waals surface area contributed by atoms with Gasteiger partial charge in [-0.05, 0) is 31.4 Å². The molecular formula is C13H12ClF2N3. The average molecular weight is 284 g/mol. The van der Waals surface area contributed by atoms with Crippen LogP contribution in [0.15, 0.2) is 12.1 Å². The molecule has 2 aromatic rings. The van der Waals surface area contributed by atoms with Crippen molar-refractivity contribution in [1.82, 2.24) is 14.8 Å². The molecule has 0 N–H and O–H groups in total. The van der Waals surface area contributed by atoms with Gasteiger partial charge in [0.1, 0.15) is 17.5 Å². The van der Waals surface area contributed by atoms with Gasteiger partial charge in [0.25, 0.3) is 0 Å². The lowest BCUT2D eigenvalue weighted by Crippen LogP contribution is -2.05. The Balaban J connectivity index is 2.22. The number of alkyl halides is 1. The lowest BCUT2D eigenvalue weighted by atomic mass is 10.1. The van der Waals surface area contributed by atoms with E-state index in [4.69, 9.17) is 11.6 Å². The van der Waals surface area contributed by atoms with Gasteiger partial charge < -0.3 is 4.57 Å². The highest BCUT2D eigenvalue weighted by Gasteiger charge is 2.31. The predicted octanol–water partition coefficient (Wildman–Crippen LogP) is 3.61. The summed E-state index contributed by atoms with van der Waals surface area (Å²) in [7, 11) is 0. The van der Waals surface area contributed by atoms with Crippen molar-refractivity contribution in [2.45, 2.75) is 31.7 Å². The summed E-state index contributed by atoms with van der Waals surface area (Å²) in [5.74, 6) is -0.247. The number of benzene rings is 1. The Morgan fingerprint density at radius 3 is 2.68 bits per heavy atom. The molecule has 1 aromatic heterocycles. The Morgan fingerprint density at radius 1 is 1.32 bits per heavy atom. The molecule has 1 aliphatic carbocycles. The van der Waals surface area contributed by atoms with E-state index in [9.17, 15) is 8.78 Å². The number of halogens is 3. The van der Waals surface area contributed by atoms with Gasteiger partial charge in [-0.1, -0.05) is 6.07 Å². The Morgan fingerprint density at radius 2 is 2.05 bits per heavy atom. The van der Waals surface area contributed by atoms with E-state index in [-0.39, 0.29) is 23.3 Å². The number of hydrogen-bond acceptors (Lipinski definition) is 2. The summed E-state index contributed by atoms with van der Waals surface area (Å²) in [6.07, 6.45) is 1.92. The van der Waals surface area contributed by atoms with Gasteiger partial charge in [-0.15, -0.1) is 21.8 Å². The quantitative estimate of drug-likeness (QED) is 0.806. The van der Waals surface area contributed by atoms with E-state index >= 15 is 0 Å². The smallest absolute Gasteiger partial charge is 0.170 e. The number of rotatable bonds is 3. The van der Waals surface area contributed by atoms with Crippen molar-refractivity contribution in [3.8, 4) is 11.4 Å². The third-order valence-corrected chi connectivity index (χ3v) is 3.54. The van der Waals surface area contributed by atoms with Crippen LogP contribution in [0.4, 0.5) is 8.78 Å². The molecule has 0 unspecified atom stereocenters. The molecule has 3 nitrogen and oxygen atoms in total. The van der Waals surface area contributed by atoms with E-state index in [1.165, 1.54) is 12.1 Å². The van der Waals surface area contributed by atoms with Gasteiger partial charge in [0.05, 0.1) is 11.4 Å². The van der Waals surface area contributed by atoms with Crippen molar-refractivity contribution in [3.05, 3.63) is 35.2 Å². The highest BCUT2D eigenvalue weighted by molar-refractivity contribution is 6.16. The summed E-state index contributed by atoms with van der Waals surface area (Å²) < 4.78 is 29.9. The Bertz CT molecular complexity index is 635. The fraction of sp³-hybridized carbons (Fsp3) is 0.385. The van der Waals surface area contributed by atoms with Gasteiger partial charge in [0.2, 0.25) is 0 Å². The number of aryl methyl sites for hydroxylation is 1. The first-order chi connectivity index (χ1) is 9.13. The van der Waals surface area contributed by atoms with Crippen LogP contribution in [-0.2, 0) is 5.88 Å². The maximum absolute atomic E-state index is 14.2. The van der Waals surface area contributed by atoms with Crippen LogP contribution in [0.1, 0.15) is 30.3 Å². The zero-order chi connectivity index (χ0) is 13.6. The molecule has 0 aliphatic heterocycles. The third kappa shape index (κ3) is 2.02. The molecule has 1 saturated carbocycles. The van der Waals surface area contributed by atoms with E-state index in [0.29, 0.717) is 11.4 Å². The molecule has 19 heavy (non-hydrogen) atoms. The number of nitrogens with zero attached hydrogens (tertiary/aromatic N) is 3. The Labute approximate surface area is 114 Å². The van der Waals surface area contributed by atoms with Crippen molar-refractivity contribution in [2.75, 3.05) is 0 Å². The minimum absolute atomic E-state index is 0.115. The van der Waals surface area contributed by atoms with Crippen LogP contribution < -0.4 is 0 Å². The summed E-state index contributed by atoms with van der Waals surface area (Å²) >= 11 is 5.80. The minimum atomic E-state index is -0.626. The molecule has 1 fully saturated rings. The average Bonchev–Trinajstić information content (AvgIpc) is 3.15. The van der Waals surface area contributed by atoms with E-state index < -0.39 is 11.6 Å². The third-order valence-electron chi connectivity index (χ3n) is 3.31. The molecular weight excluding hydrogens is 272 g/mol. The summed E-state index contributed by atoms with van der Waals surface area (Å²) in [5, 5.41) is 7.86. The van der Waals surface area contributed by atoms with Crippen LogP contribution in [-0.4, -0.2) is 14.8 Å². The maximum atomic E-state index is 14.2. The Hall–Kier alpha value is -1.49. The van der Waals surface area contributed by atoms with Crippen molar-refractivity contribution >= 4 is 11.6 Å². The topological polar surface area (TPSA) is 30.7 Å². The highest BCUT2D eigenvalue weighted by atomic mass is 35.5. The molecule has 6 heteroatoms. The van der Waals surface area contributed by atoms with Crippen LogP contribution in [0.3, 0.4) is 0 Å². The molecule has 0 atom stereocenters. The van der Waals surface area contributed by atoms with Crippen LogP contribution >= 0.6 is 11.6 Å². The van der Waals surface area contributed by atoms with Crippen molar-refractivity contribution < 1.29 is 8.78 Å². The summed E-state index contributed by atoms with van der Waals surface area (Å²) in [5.41, 5.74) is 0.268. The number of hydrogen-bond donors (Lipinski definition) is 0. The first-order valence-electron chi connectivity index (χ1n) is 6.08. The molecule has 0 amide bonds. The molecule has 0 bridgehead atoms. The standard InChI is InChI=1S/C13H12ClF2N3/c1-7-2-5-9(15)11(12(7)16)13-18-17-10(6-14)19(13)8-3-4-8/h2,5,8H,3-4,6H2,1H3. The monoisotopic (exact) mass is 283 g/mol. The lowest BCUT2D eigenvalue weighted by molar-refractivity contribution is 0.577. The molecule has 1 heterocycles. The van der Waals surface area contributed by atoms with Gasteiger partial charge >= 0.3 is 0 Å². The van der Waals surface area contributed by atoms with Crippen molar-refractivity contribution in [2.24, 2.45) is 0 Å². The maximum Gasteiger partial charge on any atom is 0.170 e. The van der Waals surface area contributed by atoms with Crippen LogP contribution in [0.5, 0.6) is 0 Å². The summed E-state index contributed by atoms with van der Waals surface area (Å²) in [4.78, 5) is 0.